The van der Waals surface area contributed by atoms with E-state index in [1.165, 1.54) is 0 Å². The van der Waals surface area contributed by atoms with Crippen LogP contribution in [0.25, 0.3) is 10.8 Å². The average Bonchev–Trinajstić information content (AvgIpc) is 2.43. The van der Waals surface area contributed by atoms with Gasteiger partial charge in [-0.3, -0.25) is 4.79 Å². The number of hydrogen-bond donors (Lipinski definition) is 0. The number of carbonyl (C=O) groups excluding carboxylic acids is 1. The topological polar surface area (TPSA) is 26.3 Å². The largest absolute Gasteiger partial charge is 0.493 e. The van der Waals surface area contributed by atoms with Gasteiger partial charge in [0.1, 0.15) is 5.75 Å². The van der Waals surface area contributed by atoms with Gasteiger partial charge in [0.25, 0.3) is 0 Å². The molecule has 2 heteroatoms. The van der Waals surface area contributed by atoms with Crippen molar-refractivity contribution in [1.29, 1.82) is 0 Å². The van der Waals surface area contributed by atoms with E-state index in [1.807, 2.05) is 43.3 Å². The lowest BCUT2D eigenvalue weighted by Crippen LogP contribution is -2.00. The van der Waals surface area contributed by atoms with Crippen molar-refractivity contribution in [3.8, 4) is 5.75 Å². The summed E-state index contributed by atoms with van der Waals surface area (Å²) >= 11 is 0. The first-order valence-corrected chi connectivity index (χ1v) is 6.45. The summed E-state index contributed by atoms with van der Waals surface area (Å²) < 4.78 is 5.73. The van der Waals surface area contributed by atoms with Crippen molar-refractivity contribution in [2.45, 2.75) is 26.7 Å². The highest BCUT2D eigenvalue weighted by Gasteiger charge is 2.11. The number of hydrogen-bond acceptors (Lipinski definition) is 2. The monoisotopic (exact) mass is 242 g/mol. The van der Waals surface area contributed by atoms with Gasteiger partial charge in [-0.05, 0) is 23.9 Å². The van der Waals surface area contributed by atoms with Gasteiger partial charge in [0, 0.05) is 17.4 Å². The first kappa shape index (κ1) is 12.6. The maximum Gasteiger partial charge on any atom is 0.163 e. The molecular weight excluding hydrogens is 224 g/mol. The second-order valence-corrected chi connectivity index (χ2v) is 4.28. The van der Waals surface area contributed by atoms with Crippen LogP contribution in [0.3, 0.4) is 0 Å². The van der Waals surface area contributed by atoms with Crippen molar-refractivity contribution < 1.29 is 9.53 Å². The van der Waals surface area contributed by atoms with Crippen LogP contribution >= 0.6 is 0 Å². The van der Waals surface area contributed by atoms with Gasteiger partial charge in [-0.1, -0.05) is 38.1 Å². The van der Waals surface area contributed by atoms with Crippen molar-refractivity contribution in [1.82, 2.24) is 0 Å². The number of carbonyl (C=O) groups is 1. The molecule has 0 atom stereocenters. The smallest absolute Gasteiger partial charge is 0.163 e. The van der Waals surface area contributed by atoms with E-state index in [1.54, 1.807) is 0 Å². The molecule has 0 unspecified atom stereocenters. The maximum atomic E-state index is 11.9. The van der Waals surface area contributed by atoms with Crippen LogP contribution in [0.15, 0.2) is 36.4 Å². The van der Waals surface area contributed by atoms with E-state index in [0.717, 1.165) is 28.5 Å². The third kappa shape index (κ3) is 2.37. The highest BCUT2D eigenvalue weighted by atomic mass is 16.5. The molecule has 0 N–H and O–H groups in total. The molecule has 0 aliphatic heterocycles. The van der Waals surface area contributed by atoms with Crippen LogP contribution < -0.4 is 4.74 Å². The lowest BCUT2D eigenvalue weighted by molar-refractivity contribution is 0.0989. The van der Waals surface area contributed by atoms with E-state index in [-0.39, 0.29) is 5.78 Å². The highest BCUT2D eigenvalue weighted by molar-refractivity contribution is 6.09. The SMILES string of the molecule is CCCOc1ccc(C(=O)CC)c2ccccc12. The van der Waals surface area contributed by atoms with Crippen molar-refractivity contribution in [2.24, 2.45) is 0 Å². The fourth-order valence-electron chi connectivity index (χ4n) is 2.04. The molecule has 0 saturated carbocycles. The van der Waals surface area contributed by atoms with Crippen LogP contribution in [-0.4, -0.2) is 12.4 Å². The minimum absolute atomic E-state index is 0.174. The van der Waals surface area contributed by atoms with Crippen LogP contribution in [-0.2, 0) is 0 Å². The van der Waals surface area contributed by atoms with Gasteiger partial charge >= 0.3 is 0 Å². The molecule has 18 heavy (non-hydrogen) atoms. The fraction of sp³-hybridized carbons (Fsp3) is 0.312. The van der Waals surface area contributed by atoms with Crippen molar-refractivity contribution in [2.75, 3.05) is 6.61 Å². The molecule has 0 saturated heterocycles. The molecule has 0 heterocycles. The Morgan fingerprint density at radius 1 is 1.06 bits per heavy atom. The Bertz CT molecular complexity index is 558. The Kier molecular flexibility index (Phi) is 3.98. The molecule has 94 valence electrons. The molecule has 0 radical (unpaired) electrons. The van der Waals surface area contributed by atoms with Crippen molar-refractivity contribution in [3.63, 3.8) is 0 Å². The summed E-state index contributed by atoms with van der Waals surface area (Å²) in [5.41, 5.74) is 0.789. The van der Waals surface area contributed by atoms with Crippen LogP contribution in [0.2, 0.25) is 0 Å². The number of ether oxygens (including phenoxy) is 1. The van der Waals surface area contributed by atoms with E-state index in [0.29, 0.717) is 13.0 Å². The van der Waals surface area contributed by atoms with E-state index in [4.69, 9.17) is 4.74 Å². The quantitative estimate of drug-likeness (QED) is 0.734. The van der Waals surface area contributed by atoms with Gasteiger partial charge in [0.15, 0.2) is 5.78 Å². The van der Waals surface area contributed by atoms with Crippen LogP contribution in [0.1, 0.15) is 37.0 Å². The first-order chi connectivity index (χ1) is 8.77. The summed E-state index contributed by atoms with van der Waals surface area (Å²) in [5.74, 6) is 1.04. The minimum atomic E-state index is 0.174. The van der Waals surface area contributed by atoms with Crippen LogP contribution in [0.4, 0.5) is 0 Å². The normalized spacial score (nSPS) is 10.6. The molecule has 0 aliphatic carbocycles. The Balaban J connectivity index is 2.55. The maximum absolute atomic E-state index is 11.9. The summed E-state index contributed by atoms with van der Waals surface area (Å²) in [4.78, 5) is 11.9. The number of benzene rings is 2. The standard InChI is InChI=1S/C16H18O2/c1-3-11-18-16-10-9-13(15(17)4-2)12-7-5-6-8-14(12)16/h5-10H,3-4,11H2,1-2H3. The molecule has 0 amide bonds. The molecule has 0 fully saturated rings. The van der Waals surface area contributed by atoms with Crippen LogP contribution in [0.5, 0.6) is 5.75 Å². The molecule has 2 aromatic carbocycles. The van der Waals surface area contributed by atoms with E-state index in [9.17, 15) is 4.79 Å². The zero-order valence-electron chi connectivity index (χ0n) is 10.9. The van der Waals surface area contributed by atoms with Gasteiger partial charge in [-0.15, -0.1) is 0 Å². The molecular formula is C16H18O2. The molecule has 2 nitrogen and oxygen atoms in total. The predicted molar refractivity (Wildman–Crippen MR) is 74.4 cm³/mol. The predicted octanol–water partition coefficient (Wildman–Crippen LogP) is 4.22. The van der Waals surface area contributed by atoms with Crippen molar-refractivity contribution in [3.05, 3.63) is 42.0 Å². The fourth-order valence-corrected chi connectivity index (χ4v) is 2.04. The zero-order valence-corrected chi connectivity index (χ0v) is 10.9. The average molecular weight is 242 g/mol. The summed E-state index contributed by atoms with van der Waals surface area (Å²) in [7, 11) is 0. The van der Waals surface area contributed by atoms with Gasteiger partial charge in [-0.2, -0.15) is 0 Å². The highest BCUT2D eigenvalue weighted by Crippen LogP contribution is 2.29. The Hall–Kier alpha value is -1.83. The summed E-state index contributed by atoms with van der Waals surface area (Å²) in [5, 5.41) is 2.00. The third-order valence-corrected chi connectivity index (χ3v) is 2.97. The first-order valence-electron chi connectivity index (χ1n) is 6.45. The van der Waals surface area contributed by atoms with E-state index < -0.39 is 0 Å². The summed E-state index contributed by atoms with van der Waals surface area (Å²) in [6.45, 7) is 4.67. The lowest BCUT2D eigenvalue weighted by atomic mass is 9.99. The summed E-state index contributed by atoms with van der Waals surface area (Å²) in [6, 6.07) is 11.7. The minimum Gasteiger partial charge on any atom is -0.493 e. The van der Waals surface area contributed by atoms with Crippen molar-refractivity contribution >= 4 is 16.6 Å². The van der Waals surface area contributed by atoms with E-state index in [2.05, 4.69) is 6.92 Å². The molecule has 2 aromatic rings. The second kappa shape index (κ2) is 5.67. The second-order valence-electron chi connectivity index (χ2n) is 4.28. The van der Waals surface area contributed by atoms with Gasteiger partial charge in [-0.25, -0.2) is 0 Å². The van der Waals surface area contributed by atoms with Crippen LogP contribution in [0, 0.1) is 0 Å². The van der Waals surface area contributed by atoms with Gasteiger partial charge < -0.3 is 4.74 Å². The number of rotatable bonds is 5. The number of Topliss-reactive ketones (excluding diaryl/α,β-unsaturated/α-hetero) is 1. The molecule has 0 aromatic heterocycles. The lowest BCUT2D eigenvalue weighted by Gasteiger charge is -2.11. The summed E-state index contributed by atoms with van der Waals surface area (Å²) in [6.07, 6.45) is 1.50. The van der Waals surface area contributed by atoms with Gasteiger partial charge in [0.2, 0.25) is 0 Å². The molecule has 0 bridgehead atoms. The van der Waals surface area contributed by atoms with E-state index >= 15 is 0 Å². The number of ketones is 1. The molecule has 0 aliphatic rings. The Labute approximate surface area is 108 Å². The number of fused-ring (bicyclic) bond motifs is 1. The Morgan fingerprint density at radius 3 is 2.44 bits per heavy atom. The Morgan fingerprint density at radius 2 is 1.78 bits per heavy atom. The van der Waals surface area contributed by atoms with Gasteiger partial charge in [0.05, 0.1) is 6.61 Å². The molecule has 0 spiro atoms. The molecule has 2 rings (SSSR count). The zero-order chi connectivity index (χ0) is 13.0. The third-order valence-electron chi connectivity index (χ3n) is 2.97.